The molecule has 0 aliphatic carbocycles. The zero-order chi connectivity index (χ0) is 19.5. The van der Waals surface area contributed by atoms with Gasteiger partial charge in [0.2, 0.25) is 5.91 Å². The van der Waals surface area contributed by atoms with Crippen LogP contribution in [-0.2, 0) is 16.0 Å². The number of carboxylic acid groups (broad SMARTS) is 1. The van der Waals surface area contributed by atoms with Crippen LogP contribution in [0.25, 0.3) is 0 Å². The van der Waals surface area contributed by atoms with Crippen molar-refractivity contribution in [3.05, 3.63) is 48.0 Å². The predicted molar refractivity (Wildman–Crippen MR) is 109 cm³/mol. The highest BCUT2D eigenvalue weighted by Crippen LogP contribution is 2.20. The lowest BCUT2D eigenvalue weighted by Crippen LogP contribution is -2.43. The number of benzene rings is 1. The Morgan fingerprint density at radius 1 is 1.30 bits per heavy atom. The molecule has 6 heteroatoms. The zero-order valence-corrected chi connectivity index (χ0v) is 16.4. The number of thioether (sulfide) groups is 1. The molecule has 1 heterocycles. The SMILES string of the molecule is O=C(O)CCCSCCN1C(=O)CCC[C@@H]1C=CC(O)Cc1ccccc1. The van der Waals surface area contributed by atoms with Crippen LogP contribution in [0.2, 0.25) is 0 Å². The second-order valence-corrected chi connectivity index (χ2v) is 8.02. The average molecular weight is 392 g/mol. The van der Waals surface area contributed by atoms with Crippen LogP contribution in [0.3, 0.4) is 0 Å². The molecular formula is C21H29NO4S. The van der Waals surface area contributed by atoms with Gasteiger partial charge in [0.25, 0.3) is 0 Å². The lowest BCUT2D eigenvalue weighted by atomic mass is 10.00. The lowest BCUT2D eigenvalue weighted by Gasteiger charge is -2.34. The van der Waals surface area contributed by atoms with Gasteiger partial charge < -0.3 is 15.1 Å². The molecule has 0 spiro atoms. The minimum Gasteiger partial charge on any atom is -0.481 e. The van der Waals surface area contributed by atoms with Crippen LogP contribution in [0.1, 0.15) is 37.7 Å². The van der Waals surface area contributed by atoms with Gasteiger partial charge in [-0.3, -0.25) is 9.59 Å². The van der Waals surface area contributed by atoms with Gasteiger partial charge in [0.1, 0.15) is 0 Å². The molecule has 0 saturated carbocycles. The van der Waals surface area contributed by atoms with E-state index in [0.29, 0.717) is 25.8 Å². The van der Waals surface area contributed by atoms with E-state index in [4.69, 9.17) is 5.11 Å². The predicted octanol–water partition coefficient (Wildman–Crippen LogP) is 3.13. The van der Waals surface area contributed by atoms with Crippen molar-refractivity contribution in [2.45, 2.75) is 50.7 Å². The third kappa shape index (κ3) is 8.18. The minimum absolute atomic E-state index is 0.0382. The van der Waals surface area contributed by atoms with Gasteiger partial charge in [-0.15, -0.1) is 0 Å². The van der Waals surface area contributed by atoms with Gasteiger partial charge in [-0.2, -0.15) is 11.8 Å². The van der Waals surface area contributed by atoms with Crippen molar-refractivity contribution in [2.75, 3.05) is 18.1 Å². The van der Waals surface area contributed by atoms with Crippen LogP contribution < -0.4 is 0 Å². The summed E-state index contributed by atoms with van der Waals surface area (Å²) >= 11 is 1.69. The monoisotopic (exact) mass is 391 g/mol. The van der Waals surface area contributed by atoms with Crippen LogP contribution in [0, 0.1) is 0 Å². The Bertz CT molecular complexity index is 620. The van der Waals surface area contributed by atoms with Crippen LogP contribution in [0.5, 0.6) is 0 Å². The van der Waals surface area contributed by atoms with E-state index in [-0.39, 0.29) is 18.4 Å². The molecule has 1 fully saturated rings. The number of aliphatic hydroxyl groups is 1. The number of aliphatic carboxylic acids is 1. The van der Waals surface area contributed by atoms with Crippen LogP contribution in [-0.4, -0.2) is 57.2 Å². The number of carbonyl (C=O) groups is 2. The van der Waals surface area contributed by atoms with Crippen LogP contribution in [0.4, 0.5) is 0 Å². The standard InChI is InChI=1S/C21H29NO4S/c23-19(16-17-6-2-1-3-7-17)12-11-18-8-4-9-20(24)22(18)13-15-27-14-5-10-21(25)26/h1-3,6-7,11-12,18-19,23H,4-5,8-10,13-16H2,(H,25,26)/t18-,19?/m1/s1. The van der Waals surface area contributed by atoms with Crippen molar-refractivity contribution in [1.29, 1.82) is 0 Å². The van der Waals surface area contributed by atoms with Gasteiger partial charge in [0.05, 0.1) is 12.1 Å². The molecule has 0 aromatic heterocycles. The van der Waals surface area contributed by atoms with Crippen molar-refractivity contribution in [3.63, 3.8) is 0 Å². The van der Waals surface area contributed by atoms with Gasteiger partial charge in [-0.1, -0.05) is 42.5 Å². The molecule has 1 unspecified atom stereocenters. The molecular weight excluding hydrogens is 362 g/mol. The fourth-order valence-electron chi connectivity index (χ4n) is 3.21. The Hall–Kier alpha value is -1.79. The molecule has 1 aromatic carbocycles. The third-order valence-electron chi connectivity index (χ3n) is 4.61. The number of carboxylic acids is 1. The van der Waals surface area contributed by atoms with E-state index in [1.165, 1.54) is 0 Å². The number of hydrogen-bond acceptors (Lipinski definition) is 4. The summed E-state index contributed by atoms with van der Waals surface area (Å²) in [6, 6.07) is 9.90. The van der Waals surface area contributed by atoms with E-state index >= 15 is 0 Å². The van der Waals surface area contributed by atoms with Crippen LogP contribution >= 0.6 is 11.8 Å². The highest BCUT2D eigenvalue weighted by atomic mass is 32.2. The summed E-state index contributed by atoms with van der Waals surface area (Å²) in [5.41, 5.74) is 1.09. The number of likely N-dealkylation sites (tertiary alicyclic amines) is 1. The Labute approximate surface area is 165 Å². The van der Waals surface area contributed by atoms with Crippen molar-refractivity contribution in [3.8, 4) is 0 Å². The average Bonchev–Trinajstić information content (AvgIpc) is 2.65. The maximum Gasteiger partial charge on any atom is 0.303 e. The van der Waals surface area contributed by atoms with Crippen molar-refractivity contribution in [1.82, 2.24) is 4.90 Å². The van der Waals surface area contributed by atoms with Crippen molar-refractivity contribution in [2.24, 2.45) is 0 Å². The molecule has 1 aliphatic heterocycles. The Morgan fingerprint density at radius 2 is 2.07 bits per heavy atom. The normalized spacial score (nSPS) is 18.8. The van der Waals surface area contributed by atoms with E-state index in [1.807, 2.05) is 47.4 Å². The molecule has 0 radical (unpaired) electrons. The van der Waals surface area contributed by atoms with Crippen molar-refractivity contribution >= 4 is 23.6 Å². The highest BCUT2D eigenvalue weighted by molar-refractivity contribution is 7.99. The summed E-state index contributed by atoms with van der Waals surface area (Å²) in [5, 5.41) is 18.9. The molecule has 27 heavy (non-hydrogen) atoms. The Kier molecular flexibility index (Phi) is 9.42. The Morgan fingerprint density at radius 3 is 2.81 bits per heavy atom. The van der Waals surface area contributed by atoms with E-state index in [9.17, 15) is 14.7 Å². The molecule has 5 nitrogen and oxygen atoms in total. The van der Waals surface area contributed by atoms with E-state index in [2.05, 4.69) is 0 Å². The maximum absolute atomic E-state index is 12.3. The van der Waals surface area contributed by atoms with Gasteiger partial charge >= 0.3 is 5.97 Å². The topological polar surface area (TPSA) is 77.8 Å². The van der Waals surface area contributed by atoms with E-state index < -0.39 is 12.1 Å². The van der Waals surface area contributed by atoms with Gasteiger partial charge in [-0.25, -0.2) is 0 Å². The zero-order valence-electron chi connectivity index (χ0n) is 15.6. The summed E-state index contributed by atoms with van der Waals surface area (Å²) < 4.78 is 0. The molecule has 1 amide bonds. The van der Waals surface area contributed by atoms with E-state index in [1.54, 1.807) is 11.8 Å². The smallest absolute Gasteiger partial charge is 0.303 e. The number of nitrogens with zero attached hydrogens (tertiary/aromatic N) is 1. The summed E-state index contributed by atoms with van der Waals surface area (Å²) in [7, 11) is 0. The molecule has 2 atom stereocenters. The largest absolute Gasteiger partial charge is 0.481 e. The summed E-state index contributed by atoms with van der Waals surface area (Å²) in [5.74, 6) is 1.01. The second kappa shape index (κ2) is 11.8. The van der Waals surface area contributed by atoms with Crippen molar-refractivity contribution < 1.29 is 19.8 Å². The molecule has 1 aromatic rings. The number of aliphatic hydroxyl groups excluding tert-OH is 1. The molecule has 2 N–H and O–H groups in total. The number of hydrogen-bond donors (Lipinski definition) is 2. The number of piperidine rings is 1. The molecule has 1 aliphatic rings. The number of rotatable bonds is 11. The molecule has 1 saturated heterocycles. The summed E-state index contributed by atoms with van der Waals surface area (Å²) in [4.78, 5) is 24.7. The Balaban J connectivity index is 1.79. The molecule has 148 valence electrons. The second-order valence-electron chi connectivity index (χ2n) is 6.80. The van der Waals surface area contributed by atoms with Gasteiger partial charge in [-0.05, 0) is 30.6 Å². The van der Waals surface area contributed by atoms with Crippen LogP contribution in [0.15, 0.2) is 42.5 Å². The molecule has 2 rings (SSSR count). The summed E-state index contributed by atoms with van der Waals surface area (Å²) in [6.07, 6.45) is 7.02. The lowest BCUT2D eigenvalue weighted by molar-refractivity contribution is -0.137. The number of amides is 1. The minimum atomic E-state index is -0.763. The summed E-state index contributed by atoms with van der Waals surface area (Å²) in [6.45, 7) is 0.667. The fourth-order valence-corrected chi connectivity index (χ4v) is 4.09. The number of carbonyl (C=O) groups excluding carboxylic acids is 1. The highest BCUT2D eigenvalue weighted by Gasteiger charge is 2.25. The maximum atomic E-state index is 12.3. The van der Waals surface area contributed by atoms with Gasteiger partial charge in [0.15, 0.2) is 0 Å². The van der Waals surface area contributed by atoms with Gasteiger partial charge in [0, 0.05) is 31.6 Å². The first-order valence-electron chi connectivity index (χ1n) is 9.55. The fraction of sp³-hybridized carbons (Fsp3) is 0.524. The third-order valence-corrected chi connectivity index (χ3v) is 5.66. The van der Waals surface area contributed by atoms with E-state index in [0.717, 1.165) is 29.9 Å². The first kappa shape index (κ1) is 21.5. The molecule has 0 bridgehead atoms. The quantitative estimate of drug-likeness (QED) is 0.448. The first-order chi connectivity index (χ1) is 13.1. The first-order valence-corrected chi connectivity index (χ1v) is 10.7.